The summed E-state index contributed by atoms with van der Waals surface area (Å²) in [5.41, 5.74) is 1.80. The van der Waals surface area contributed by atoms with Crippen LogP contribution in [0.15, 0.2) is 57.7 Å². The van der Waals surface area contributed by atoms with Gasteiger partial charge in [-0.2, -0.15) is 0 Å². The summed E-state index contributed by atoms with van der Waals surface area (Å²) in [6, 6.07) is 13.8. The van der Waals surface area contributed by atoms with Crippen LogP contribution in [0.4, 0.5) is 5.69 Å². The summed E-state index contributed by atoms with van der Waals surface area (Å²) in [5, 5.41) is 6.50. The summed E-state index contributed by atoms with van der Waals surface area (Å²) in [6.07, 6.45) is 3.66. The second kappa shape index (κ2) is 9.04. The minimum absolute atomic E-state index is 0.202. The van der Waals surface area contributed by atoms with Crippen LogP contribution in [0.2, 0.25) is 0 Å². The molecule has 7 heteroatoms. The first-order valence-electron chi connectivity index (χ1n) is 10.4. The first-order valence-corrected chi connectivity index (χ1v) is 10.4. The molecule has 0 atom stereocenters. The normalized spacial score (nSPS) is 13.1. The molecule has 1 aliphatic carbocycles. The molecular weight excluding hydrogens is 396 g/mol. The van der Waals surface area contributed by atoms with E-state index in [1.54, 1.807) is 36.4 Å². The Morgan fingerprint density at radius 2 is 1.94 bits per heavy atom. The summed E-state index contributed by atoms with van der Waals surface area (Å²) in [4.78, 5) is 36.6. The molecule has 160 valence electrons. The standard InChI is InChI=1S/C24H24N2O5/c1-2-5-15-12-23(28)31-21-13-17(10-11-18(15)21)30-14-22(27)26-20-7-4-3-6-19(20)24(29)25-16-8-9-16/h3-4,6-7,10-13,16H,2,5,8-9,14H2,1H3,(H,25,29)(H,26,27). The number of para-hydroxylation sites is 1. The number of aryl methyl sites for hydroxylation is 1. The zero-order valence-corrected chi connectivity index (χ0v) is 17.3. The van der Waals surface area contributed by atoms with Crippen LogP contribution >= 0.6 is 0 Å². The number of nitrogens with one attached hydrogen (secondary N) is 2. The van der Waals surface area contributed by atoms with Gasteiger partial charge in [-0.3, -0.25) is 9.59 Å². The predicted octanol–water partition coefficient (Wildman–Crippen LogP) is 3.66. The number of amides is 2. The molecule has 4 rings (SSSR count). The van der Waals surface area contributed by atoms with Crippen molar-refractivity contribution in [2.75, 3.05) is 11.9 Å². The van der Waals surface area contributed by atoms with Crippen molar-refractivity contribution in [3.63, 3.8) is 0 Å². The third-order valence-corrected chi connectivity index (χ3v) is 5.05. The molecule has 3 aromatic rings. The number of rotatable bonds is 8. The van der Waals surface area contributed by atoms with Crippen molar-refractivity contribution in [2.45, 2.75) is 38.6 Å². The van der Waals surface area contributed by atoms with Crippen LogP contribution in [0, 0.1) is 0 Å². The molecule has 2 aromatic carbocycles. The van der Waals surface area contributed by atoms with Crippen molar-refractivity contribution < 1.29 is 18.7 Å². The molecule has 1 aliphatic rings. The lowest BCUT2D eigenvalue weighted by Gasteiger charge is -2.12. The quantitative estimate of drug-likeness (QED) is 0.542. The van der Waals surface area contributed by atoms with E-state index in [0.29, 0.717) is 22.6 Å². The molecule has 1 heterocycles. The van der Waals surface area contributed by atoms with Crippen LogP contribution in [0.5, 0.6) is 5.75 Å². The Balaban J connectivity index is 1.43. The molecule has 0 spiro atoms. The molecule has 2 N–H and O–H groups in total. The summed E-state index contributed by atoms with van der Waals surface area (Å²) in [7, 11) is 0. The Hall–Kier alpha value is -3.61. The smallest absolute Gasteiger partial charge is 0.336 e. The average molecular weight is 420 g/mol. The molecule has 0 aliphatic heterocycles. The van der Waals surface area contributed by atoms with E-state index in [0.717, 1.165) is 36.6 Å². The average Bonchev–Trinajstić information content (AvgIpc) is 3.56. The maximum Gasteiger partial charge on any atom is 0.336 e. The highest BCUT2D eigenvalue weighted by Gasteiger charge is 2.25. The largest absolute Gasteiger partial charge is 0.484 e. The fourth-order valence-corrected chi connectivity index (χ4v) is 3.39. The topological polar surface area (TPSA) is 97.6 Å². The van der Waals surface area contributed by atoms with Gasteiger partial charge < -0.3 is 19.8 Å². The Bertz CT molecular complexity index is 1180. The molecule has 7 nitrogen and oxygen atoms in total. The van der Waals surface area contributed by atoms with Gasteiger partial charge in [0.25, 0.3) is 11.8 Å². The maximum absolute atomic E-state index is 12.4. The van der Waals surface area contributed by atoms with Gasteiger partial charge in [-0.15, -0.1) is 0 Å². The first-order chi connectivity index (χ1) is 15.0. The van der Waals surface area contributed by atoms with Crippen LogP contribution in [0.3, 0.4) is 0 Å². The highest BCUT2D eigenvalue weighted by atomic mass is 16.5. The second-order valence-electron chi connectivity index (χ2n) is 7.63. The van der Waals surface area contributed by atoms with Gasteiger partial charge >= 0.3 is 5.63 Å². The van der Waals surface area contributed by atoms with Gasteiger partial charge in [0, 0.05) is 23.6 Å². The monoisotopic (exact) mass is 420 g/mol. The SMILES string of the molecule is CCCc1cc(=O)oc2cc(OCC(=O)Nc3ccccc3C(=O)NC3CC3)ccc12. The van der Waals surface area contributed by atoms with E-state index in [-0.39, 0.29) is 18.6 Å². The van der Waals surface area contributed by atoms with Crippen LogP contribution in [-0.4, -0.2) is 24.5 Å². The van der Waals surface area contributed by atoms with Crippen molar-refractivity contribution in [3.05, 3.63) is 70.1 Å². The predicted molar refractivity (Wildman–Crippen MR) is 118 cm³/mol. The van der Waals surface area contributed by atoms with Crippen LogP contribution < -0.4 is 21.0 Å². The van der Waals surface area contributed by atoms with Crippen LogP contribution in [0.25, 0.3) is 11.0 Å². The fraction of sp³-hybridized carbons (Fsp3) is 0.292. The molecule has 1 saturated carbocycles. The number of hydrogen-bond donors (Lipinski definition) is 2. The Morgan fingerprint density at radius 1 is 1.13 bits per heavy atom. The zero-order valence-electron chi connectivity index (χ0n) is 17.3. The van der Waals surface area contributed by atoms with Gasteiger partial charge in [-0.05, 0) is 49.1 Å². The number of carbonyl (C=O) groups is 2. The third kappa shape index (κ3) is 5.12. The van der Waals surface area contributed by atoms with Crippen molar-refractivity contribution >= 4 is 28.5 Å². The first kappa shape index (κ1) is 20.7. The van der Waals surface area contributed by atoms with Gasteiger partial charge in [-0.25, -0.2) is 4.79 Å². The zero-order chi connectivity index (χ0) is 21.8. The van der Waals surface area contributed by atoms with Crippen molar-refractivity contribution in [1.82, 2.24) is 5.32 Å². The highest BCUT2D eigenvalue weighted by Crippen LogP contribution is 2.24. The number of hydrogen-bond acceptors (Lipinski definition) is 5. The van der Waals surface area contributed by atoms with E-state index in [1.807, 2.05) is 13.0 Å². The van der Waals surface area contributed by atoms with Crippen LogP contribution in [-0.2, 0) is 11.2 Å². The molecular formula is C24H24N2O5. The molecule has 2 amide bonds. The molecule has 1 aromatic heterocycles. The number of ether oxygens (including phenoxy) is 1. The molecule has 0 radical (unpaired) electrons. The number of fused-ring (bicyclic) bond motifs is 1. The number of benzene rings is 2. The fourth-order valence-electron chi connectivity index (χ4n) is 3.39. The molecule has 31 heavy (non-hydrogen) atoms. The minimum Gasteiger partial charge on any atom is -0.484 e. The second-order valence-corrected chi connectivity index (χ2v) is 7.63. The summed E-state index contributed by atoms with van der Waals surface area (Å²) in [6.45, 7) is 1.80. The summed E-state index contributed by atoms with van der Waals surface area (Å²) >= 11 is 0. The van der Waals surface area contributed by atoms with Crippen molar-refractivity contribution in [2.24, 2.45) is 0 Å². The Labute approximate surface area is 179 Å². The highest BCUT2D eigenvalue weighted by molar-refractivity contribution is 6.04. The summed E-state index contributed by atoms with van der Waals surface area (Å²) in [5.74, 6) is -0.182. The van der Waals surface area contributed by atoms with Crippen molar-refractivity contribution in [3.8, 4) is 5.75 Å². The van der Waals surface area contributed by atoms with E-state index >= 15 is 0 Å². The third-order valence-electron chi connectivity index (χ3n) is 5.05. The molecule has 0 unspecified atom stereocenters. The minimum atomic E-state index is -0.410. The van der Waals surface area contributed by atoms with E-state index in [4.69, 9.17) is 9.15 Å². The summed E-state index contributed by atoms with van der Waals surface area (Å²) < 4.78 is 10.9. The Morgan fingerprint density at radius 3 is 2.71 bits per heavy atom. The van der Waals surface area contributed by atoms with Gasteiger partial charge in [0.1, 0.15) is 11.3 Å². The van der Waals surface area contributed by atoms with Crippen molar-refractivity contribution in [1.29, 1.82) is 0 Å². The molecule has 0 saturated heterocycles. The lowest BCUT2D eigenvalue weighted by atomic mass is 10.1. The lowest BCUT2D eigenvalue weighted by Crippen LogP contribution is -2.28. The van der Waals surface area contributed by atoms with Gasteiger partial charge in [0.15, 0.2) is 6.61 Å². The lowest BCUT2D eigenvalue weighted by molar-refractivity contribution is -0.118. The Kier molecular flexibility index (Phi) is 6.02. The molecule has 0 bridgehead atoms. The van der Waals surface area contributed by atoms with E-state index in [1.165, 1.54) is 6.07 Å². The molecule has 1 fully saturated rings. The number of carbonyl (C=O) groups excluding carboxylic acids is 2. The maximum atomic E-state index is 12.4. The van der Waals surface area contributed by atoms with E-state index < -0.39 is 11.5 Å². The van der Waals surface area contributed by atoms with Gasteiger partial charge in [0.2, 0.25) is 0 Å². The van der Waals surface area contributed by atoms with Gasteiger partial charge in [-0.1, -0.05) is 25.5 Å². The van der Waals surface area contributed by atoms with E-state index in [9.17, 15) is 14.4 Å². The van der Waals surface area contributed by atoms with Crippen LogP contribution in [0.1, 0.15) is 42.1 Å². The van der Waals surface area contributed by atoms with Gasteiger partial charge in [0.05, 0.1) is 11.3 Å². The van der Waals surface area contributed by atoms with E-state index in [2.05, 4.69) is 10.6 Å². The number of anilines is 1.